The van der Waals surface area contributed by atoms with Crippen LogP contribution in [0.25, 0.3) is 0 Å². The third-order valence-corrected chi connectivity index (χ3v) is 5.93. The van der Waals surface area contributed by atoms with E-state index in [0.29, 0.717) is 25.1 Å². The maximum absolute atomic E-state index is 12.8. The molecule has 2 amide bonds. The number of carbonyl (C=O) groups excluding carboxylic acids is 2. The van der Waals surface area contributed by atoms with E-state index >= 15 is 0 Å². The van der Waals surface area contributed by atoms with Crippen LogP contribution in [0.4, 0.5) is 5.69 Å². The summed E-state index contributed by atoms with van der Waals surface area (Å²) in [6.45, 7) is 0.758. The van der Waals surface area contributed by atoms with E-state index in [1.54, 1.807) is 6.07 Å². The van der Waals surface area contributed by atoms with Crippen LogP contribution in [0.2, 0.25) is 0 Å². The van der Waals surface area contributed by atoms with Gasteiger partial charge in [-0.25, -0.2) is 13.6 Å². The number of rotatable bonds is 4. The van der Waals surface area contributed by atoms with Crippen molar-refractivity contribution in [2.75, 3.05) is 24.5 Å². The predicted molar refractivity (Wildman–Crippen MR) is 95.2 cm³/mol. The van der Waals surface area contributed by atoms with Crippen molar-refractivity contribution >= 4 is 33.5 Å². The highest BCUT2D eigenvalue weighted by molar-refractivity contribution is 7.89. The smallest absolute Gasteiger partial charge is 0.308 e. The molecule has 1 aromatic rings. The number of nitrogens with two attached hydrogens (primary N) is 1. The lowest BCUT2D eigenvalue weighted by Crippen LogP contribution is -2.45. The van der Waals surface area contributed by atoms with Gasteiger partial charge in [0.2, 0.25) is 21.8 Å². The number of carboxylic acid groups (broad SMARTS) is 1. The van der Waals surface area contributed by atoms with E-state index in [-0.39, 0.29) is 36.2 Å². The Morgan fingerprint density at radius 1 is 1.19 bits per heavy atom. The average molecular weight is 395 g/mol. The van der Waals surface area contributed by atoms with Crippen molar-refractivity contribution in [3.8, 4) is 0 Å². The Labute approximate surface area is 156 Å². The van der Waals surface area contributed by atoms with Gasteiger partial charge in [-0.3, -0.25) is 14.4 Å². The first-order valence-electron chi connectivity index (χ1n) is 8.61. The molecule has 2 aliphatic rings. The molecular weight excluding hydrogens is 374 g/mol. The molecule has 2 saturated heterocycles. The van der Waals surface area contributed by atoms with Crippen LogP contribution in [0.15, 0.2) is 29.2 Å². The molecule has 0 bridgehead atoms. The highest BCUT2D eigenvalue weighted by atomic mass is 32.2. The Morgan fingerprint density at radius 3 is 2.59 bits per heavy atom. The number of amides is 2. The lowest BCUT2D eigenvalue weighted by molar-refractivity contribution is -0.146. The highest BCUT2D eigenvalue weighted by Gasteiger charge is 2.39. The summed E-state index contributed by atoms with van der Waals surface area (Å²) in [6.07, 6.45) is 1.16. The average Bonchev–Trinajstić information content (AvgIpc) is 3.02. The van der Waals surface area contributed by atoms with E-state index in [1.165, 1.54) is 28.0 Å². The normalized spacial score (nSPS) is 23.5. The number of likely N-dealkylation sites (tertiary alicyclic amines) is 1. The molecule has 1 unspecified atom stereocenters. The molecule has 2 fully saturated rings. The zero-order valence-corrected chi connectivity index (χ0v) is 15.4. The van der Waals surface area contributed by atoms with Crippen LogP contribution in [-0.4, -0.2) is 55.8 Å². The van der Waals surface area contributed by atoms with Crippen molar-refractivity contribution in [2.24, 2.45) is 17.0 Å². The molecule has 27 heavy (non-hydrogen) atoms. The molecular formula is C17H21N3O6S. The predicted octanol–water partition coefficient (Wildman–Crippen LogP) is 0.0101. The Bertz CT molecular complexity index is 884. The lowest BCUT2D eigenvalue weighted by atomic mass is 9.96. The van der Waals surface area contributed by atoms with Gasteiger partial charge in [-0.15, -0.1) is 0 Å². The number of primary sulfonamides is 1. The van der Waals surface area contributed by atoms with Crippen molar-refractivity contribution in [1.29, 1.82) is 0 Å². The minimum absolute atomic E-state index is 0.00662. The summed E-state index contributed by atoms with van der Waals surface area (Å²) in [7, 11) is -3.90. The molecule has 0 aliphatic carbocycles. The number of aliphatic carboxylic acids is 1. The number of hydrogen-bond donors (Lipinski definition) is 2. The minimum atomic E-state index is -3.90. The zero-order valence-electron chi connectivity index (χ0n) is 14.6. The van der Waals surface area contributed by atoms with Gasteiger partial charge in [0.1, 0.15) is 0 Å². The first kappa shape index (κ1) is 19.3. The largest absolute Gasteiger partial charge is 0.481 e. The third-order valence-electron chi connectivity index (χ3n) is 5.01. The number of benzene rings is 1. The van der Waals surface area contributed by atoms with E-state index in [0.717, 1.165) is 0 Å². The van der Waals surface area contributed by atoms with Crippen LogP contribution in [-0.2, 0) is 24.4 Å². The quantitative estimate of drug-likeness (QED) is 0.736. The molecule has 9 nitrogen and oxygen atoms in total. The molecule has 0 saturated carbocycles. The molecule has 2 atom stereocenters. The van der Waals surface area contributed by atoms with Crippen molar-refractivity contribution in [1.82, 2.24) is 4.90 Å². The Morgan fingerprint density at radius 2 is 1.93 bits per heavy atom. The van der Waals surface area contributed by atoms with Gasteiger partial charge in [0.25, 0.3) is 0 Å². The first-order valence-corrected chi connectivity index (χ1v) is 10.2. The van der Waals surface area contributed by atoms with Crippen molar-refractivity contribution in [3.05, 3.63) is 24.3 Å². The second kappa shape index (κ2) is 7.28. The number of sulfonamides is 1. The number of carbonyl (C=O) groups is 3. The maximum atomic E-state index is 12.8. The molecule has 2 heterocycles. The maximum Gasteiger partial charge on any atom is 0.308 e. The highest BCUT2D eigenvalue weighted by Crippen LogP contribution is 2.29. The van der Waals surface area contributed by atoms with Crippen LogP contribution in [0, 0.1) is 11.8 Å². The molecule has 1 aromatic carbocycles. The van der Waals surface area contributed by atoms with Gasteiger partial charge in [-0.2, -0.15) is 0 Å². The van der Waals surface area contributed by atoms with Gasteiger partial charge in [-0.05, 0) is 31.0 Å². The van der Waals surface area contributed by atoms with Gasteiger partial charge in [-0.1, -0.05) is 6.07 Å². The Balaban J connectivity index is 1.74. The summed E-state index contributed by atoms with van der Waals surface area (Å²) in [5.74, 6) is -2.60. The molecule has 146 valence electrons. The Kier molecular flexibility index (Phi) is 5.20. The van der Waals surface area contributed by atoms with Crippen LogP contribution in [0.1, 0.15) is 19.3 Å². The number of hydrogen-bond acceptors (Lipinski definition) is 5. The van der Waals surface area contributed by atoms with E-state index in [9.17, 15) is 22.8 Å². The van der Waals surface area contributed by atoms with Gasteiger partial charge in [0.05, 0.1) is 16.7 Å². The first-order chi connectivity index (χ1) is 12.7. The summed E-state index contributed by atoms with van der Waals surface area (Å²) < 4.78 is 23.0. The standard InChI is InChI=1S/C17H21N3O6S/c18-27(25,26)14-5-1-4-13(8-14)20-10-12(7-15(20)21)16(22)19-6-2-3-11(9-19)17(23)24/h1,4-5,8,11-12H,2-3,6-7,9-10H2,(H,23,24)(H2,18,25,26)/t11-,12?/m0/s1. The third kappa shape index (κ3) is 4.11. The van der Waals surface area contributed by atoms with Crippen LogP contribution in [0.3, 0.4) is 0 Å². The molecule has 10 heteroatoms. The summed E-state index contributed by atoms with van der Waals surface area (Å²) in [4.78, 5) is 39.1. The fourth-order valence-corrected chi connectivity index (χ4v) is 4.14. The van der Waals surface area contributed by atoms with Crippen molar-refractivity contribution < 1.29 is 27.9 Å². The molecule has 3 rings (SSSR count). The fourth-order valence-electron chi connectivity index (χ4n) is 3.59. The van der Waals surface area contributed by atoms with Crippen molar-refractivity contribution in [2.45, 2.75) is 24.2 Å². The summed E-state index contributed by atoms with van der Waals surface area (Å²) in [5, 5.41) is 14.3. The fraction of sp³-hybridized carbons (Fsp3) is 0.471. The van der Waals surface area contributed by atoms with Crippen LogP contribution < -0.4 is 10.0 Å². The number of piperidine rings is 1. The van der Waals surface area contributed by atoms with Gasteiger partial charge < -0.3 is 14.9 Å². The van der Waals surface area contributed by atoms with Crippen molar-refractivity contribution in [3.63, 3.8) is 0 Å². The number of carboxylic acids is 1. The topological polar surface area (TPSA) is 138 Å². The summed E-state index contributed by atoms with van der Waals surface area (Å²) >= 11 is 0. The van der Waals surface area contributed by atoms with Gasteiger partial charge >= 0.3 is 5.97 Å². The van der Waals surface area contributed by atoms with E-state index in [4.69, 9.17) is 10.2 Å². The van der Waals surface area contributed by atoms with E-state index in [1.807, 2.05) is 0 Å². The molecule has 0 aromatic heterocycles. The van der Waals surface area contributed by atoms with Crippen LogP contribution >= 0.6 is 0 Å². The zero-order chi connectivity index (χ0) is 19.8. The molecule has 2 aliphatic heterocycles. The molecule has 3 N–H and O–H groups in total. The second-order valence-corrected chi connectivity index (χ2v) is 8.47. The molecule has 0 radical (unpaired) electrons. The van der Waals surface area contributed by atoms with Crippen LogP contribution in [0.5, 0.6) is 0 Å². The monoisotopic (exact) mass is 395 g/mol. The summed E-state index contributed by atoms with van der Waals surface area (Å²) in [6, 6.07) is 5.71. The number of nitrogens with zero attached hydrogens (tertiary/aromatic N) is 2. The Hall–Kier alpha value is -2.46. The summed E-state index contributed by atoms with van der Waals surface area (Å²) in [5.41, 5.74) is 0.365. The van der Waals surface area contributed by atoms with E-state index in [2.05, 4.69) is 0 Å². The second-order valence-electron chi connectivity index (χ2n) is 6.91. The number of anilines is 1. The molecule has 0 spiro atoms. The van der Waals surface area contributed by atoms with Gasteiger partial charge in [0.15, 0.2) is 0 Å². The SMILES string of the molecule is NS(=O)(=O)c1cccc(N2CC(C(=O)N3CCC[C@H](C(=O)O)C3)CC2=O)c1. The van der Waals surface area contributed by atoms with E-state index < -0.39 is 27.8 Å². The lowest BCUT2D eigenvalue weighted by Gasteiger charge is -2.32. The minimum Gasteiger partial charge on any atom is -0.481 e. The van der Waals surface area contributed by atoms with Gasteiger partial charge in [0, 0.05) is 31.7 Å².